The summed E-state index contributed by atoms with van der Waals surface area (Å²) in [6, 6.07) is 11.1. The highest BCUT2D eigenvalue weighted by atomic mass is 16.5. The average Bonchev–Trinajstić information content (AvgIpc) is 2.87. The van der Waals surface area contributed by atoms with Gasteiger partial charge in [0.15, 0.2) is 17.7 Å². The maximum atomic E-state index is 12.4. The van der Waals surface area contributed by atoms with Gasteiger partial charge in [0, 0.05) is 5.70 Å². The van der Waals surface area contributed by atoms with Crippen molar-refractivity contribution >= 4 is 18.2 Å². The molecular formula is C25H30N4O7. The Morgan fingerprint density at radius 2 is 2.00 bits per heavy atom. The quantitative estimate of drug-likeness (QED) is 0.160. The number of allylic oxidation sites excluding steroid dienone is 1. The Bertz CT molecular complexity index is 1150. The molecule has 1 aliphatic rings. The molecule has 2 aromatic rings. The van der Waals surface area contributed by atoms with Gasteiger partial charge in [-0.1, -0.05) is 18.2 Å². The first-order valence-corrected chi connectivity index (χ1v) is 11.2. The van der Waals surface area contributed by atoms with E-state index >= 15 is 0 Å². The van der Waals surface area contributed by atoms with Crippen molar-refractivity contribution in [3.63, 3.8) is 0 Å². The molecule has 2 aromatic carbocycles. The summed E-state index contributed by atoms with van der Waals surface area (Å²) in [4.78, 5) is 24.4. The number of amides is 2. The van der Waals surface area contributed by atoms with Crippen LogP contribution in [0.4, 0.5) is 4.79 Å². The van der Waals surface area contributed by atoms with Gasteiger partial charge in [-0.25, -0.2) is 9.59 Å². The Morgan fingerprint density at radius 1 is 1.19 bits per heavy atom. The lowest BCUT2D eigenvalue weighted by molar-refractivity contribution is -0.136. The zero-order valence-corrected chi connectivity index (χ0v) is 20.5. The van der Waals surface area contributed by atoms with Crippen LogP contribution < -0.4 is 30.3 Å². The molecule has 36 heavy (non-hydrogen) atoms. The molecule has 2 amide bonds. The molecule has 0 aromatic heterocycles. The molecule has 0 unspecified atom stereocenters. The number of methoxy groups -OCH3 is 2. The first-order chi connectivity index (χ1) is 17.4. The fourth-order valence-electron chi connectivity index (χ4n) is 3.54. The van der Waals surface area contributed by atoms with Crippen LogP contribution in [0.5, 0.6) is 17.2 Å². The minimum absolute atomic E-state index is 0.120. The summed E-state index contributed by atoms with van der Waals surface area (Å²) in [6.45, 7) is 3.68. The van der Waals surface area contributed by atoms with Crippen LogP contribution in [0.25, 0.3) is 0 Å². The largest absolute Gasteiger partial charge is 0.497 e. The van der Waals surface area contributed by atoms with Crippen molar-refractivity contribution < 1.29 is 33.6 Å². The molecule has 0 bridgehead atoms. The number of rotatable bonds is 11. The van der Waals surface area contributed by atoms with Crippen LogP contribution in [0.2, 0.25) is 0 Å². The fraction of sp³-hybridized carbons (Fsp3) is 0.320. The summed E-state index contributed by atoms with van der Waals surface area (Å²) in [5.74, 6) is 0.894. The molecule has 0 aliphatic carbocycles. The molecule has 3 rings (SSSR count). The van der Waals surface area contributed by atoms with E-state index in [-0.39, 0.29) is 12.2 Å². The zero-order chi connectivity index (χ0) is 26.1. The van der Waals surface area contributed by atoms with Gasteiger partial charge in [-0.2, -0.15) is 5.10 Å². The van der Waals surface area contributed by atoms with Crippen LogP contribution in [0.1, 0.15) is 31.0 Å². The third kappa shape index (κ3) is 6.66. The SMILES string of the molecule is CCOc1cc([C@H]2NC(=O)NC(C)=C2C(=O)OC)ccc1OC[C@@H](O)N/N=C\c1cccc(OC)c1. The fourth-order valence-corrected chi connectivity index (χ4v) is 3.54. The van der Waals surface area contributed by atoms with E-state index in [0.717, 1.165) is 5.56 Å². The van der Waals surface area contributed by atoms with Gasteiger partial charge in [0.25, 0.3) is 0 Å². The number of nitrogens with one attached hydrogen (secondary N) is 3. The highest BCUT2D eigenvalue weighted by molar-refractivity contribution is 5.95. The third-order valence-corrected chi connectivity index (χ3v) is 5.20. The van der Waals surface area contributed by atoms with Crippen molar-refractivity contribution in [3.05, 3.63) is 64.9 Å². The average molecular weight is 499 g/mol. The molecule has 0 saturated heterocycles. The maximum Gasteiger partial charge on any atom is 0.337 e. The molecule has 4 N–H and O–H groups in total. The van der Waals surface area contributed by atoms with Gasteiger partial charge in [-0.15, -0.1) is 0 Å². The smallest absolute Gasteiger partial charge is 0.337 e. The summed E-state index contributed by atoms with van der Waals surface area (Å²) >= 11 is 0. The molecule has 11 heteroatoms. The molecule has 1 aliphatic heterocycles. The monoisotopic (exact) mass is 498 g/mol. The van der Waals surface area contributed by atoms with E-state index in [1.165, 1.54) is 7.11 Å². The van der Waals surface area contributed by atoms with Crippen molar-refractivity contribution in [3.8, 4) is 17.2 Å². The van der Waals surface area contributed by atoms with Gasteiger partial charge in [0.1, 0.15) is 12.4 Å². The van der Waals surface area contributed by atoms with E-state index in [0.29, 0.717) is 35.1 Å². The molecule has 1 heterocycles. The number of hydrazone groups is 1. The molecule has 192 valence electrons. The third-order valence-electron chi connectivity index (χ3n) is 5.20. The lowest BCUT2D eigenvalue weighted by Crippen LogP contribution is -2.45. The van der Waals surface area contributed by atoms with E-state index in [9.17, 15) is 14.7 Å². The van der Waals surface area contributed by atoms with Crippen LogP contribution >= 0.6 is 0 Å². The number of hydrogen-bond donors (Lipinski definition) is 4. The number of carbonyl (C=O) groups is 2. The summed E-state index contributed by atoms with van der Waals surface area (Å²) in [5, 5.41) is 19.6. The van der Waals surface area contributed by atoms with E-state index in [1.807, 2.05) is 25.1 Å². The van der Waals surface area contributed by atoms with E-state index in [2.05, 4.69) is 21.2 Å². The Balaban J connectivity index is 1.70. The number of esters is 1. The molecule has 0 saturated carbocycles. The van der Waals surface area contributed by atoms with Crippen molar-refractivity contribution in [1.29, 1.82) is 0 Å². The molecule has 2 atom stereocenters. The number of aliphatic hydroxyl groups excluding tert-OH is 1. The van der Waals surface area contributed by atoms with Crippen molar-refractivity contribution in [2.24, 2.45) is 5.10 Å². The van der Waals surface area contributed by atoms with Crippen LogP contribution in [-0.2, 0) is 9.53 Å². The van der Waals surface area contributed by atoms with Crippen LogP contribution in [0, 0.1) is 0 Å². The Hall–Kier alpha value is -4.25. The predicted molar refractivity (Wildman–Crippen MR) is 132 cm³/mol. The second kappa shape index (κ2) is 12.5. The van der Waals surface area contributed by atoms with E-state index in [4.69, 9.17) is 18.9 Å². The van der Waals surface area contributed by atoms with Crippen molar-refractivity contribution in [2.75, 3.05) is 27.4 Å². The summed E-state index contributed by atoms with van der Waals surface area (Å²) in [5.41, 5.74) is 4.67. The van der Waals surface area contributed by atoms with Gasteiger partial charge in [-0.05, 0) is 49.2 Å². The highest BCUT2D eigenvalue weighted by Crippen LogP contribution is 2.34. The second-order valence-electron chi connectivity index (χ2n) is 7.69. The minimum atomic E-state index is -1.10. The lowest BCUT2D eigenvalue weighted by Gasteiger charge is -2.28. The summed E-state index contributed by atoms with van der Waals surface area (Å²) in [6.07, 6.45) is 0.453. The minimum Gasteiger partial charge on any atom is -0.497 e. The second-order valence-corrected chi connectivity index (χ2v) is 7.69. The first-order valence-electron chi connectivity index (χ1n) is 11.2. The molecular weight excluding hydrogens is 468 g/mol. The van der Waals surface area contributed by atoms with Crippen molar-refractivity contribution in [1.82, 2.24) is 16.1 Å². The number of carbonyl (C=O) groups excluding carboxylic acids is 2. The molecule has 0 spiro atoms. The standard InChI is InChI=1S/C25H30N4O7/c1-5-35-20-12-17(23-22(24(31)34-4)15(2)27-25(32)28-23)9-10-19(20)36-14-21(30)29-26-13-16-7-6-8-18(11-16)33-3/h6-13,21,23,29-30H,5,14H2,1-4H3,(H2,27,28,32)/b26-13-/t21-,23-/m1/s1. The Labute approximate surface area is 209 Å². The number of aliphatic hydroxyl groups is 1. The first kappa shape index (κ1) is 26.4. The Morgan fingerprint density at radius 3 is 2.72 bits per heavy atom. The number of hydrogen-bond acceptors (Lipinski definition) is 9. The normalized spacial score (nSPS) is 16.1. The highest BCUT2D eigenvalue weighted by Gasteiger charge is 2.32. The summed E-state index contributed by atoms with van der Waals surface area (Å²) in [7, 11) is 2.86. The maximum absolute atomic E-state index is 12.4. The number of benzene rings is 2. The van der Waals surface area contributed by atoms with Gasteiger partial charge in [0.05, 0.1) is 38.7 Å². The van der Waals surface area contributed by atoms with Gasteiger partial charge in [-0.3, -0.25) is 5.43 Å². The number of ether oxygens (including phenoxy) is 4. The topological polar surface area (TPSA) is 140 Å². The number of urea groups is 1. The van der Waals surface area contributed by atoms with E-state index in [1.54, 1.807) is 44.5 Å². The molecule has 11 nitrogen and oxygen atoms in total. The lowest BCUT2D eigenvalue weighted by atomic mass is 9.95. The van der Waals surface area contributed by atoms with E-state index < -0.39 is 24.3 Å². The van der Waals surface area contributed by atoms with Gasteiger partial charge < -0.3 is 34.7 Å². The molecule has 0 radical (unpaired) electrons. The van der Waals surface area contributed by atoms with Crippen LogP contribution in [0.3, 0.4) is 0 Å². The van der Waals surface area contributed by atoms with Gasteiger partial charge in [0.2, 0.25) is 0 Å². The van der Waals surface area contributed by atoms with Crippen molar-refractivity contribution in [2.45, 2.75) is 26.1 Å². The number of nitrogens with zero attached hydrogens (tertiary/aromatic N) is 1. The van der Waals surface area contributed by atoms with Crippen LogP contribution in [-0.4, -0.2) is 57.0 Å². The Kier molecular flexibility index (Phi) is 9.12. The van der Waals surface area contributed by atoms with Gasteiger partial charge >= 0.3 is 12.0 Å². The predicted octanol–water partition coefficient (Wildman–Crippen LogP) is 2.22. The van der Waals surface area contributed by atoms with Crippen LogP contribution in [0.15, 0.2) is 58.8 Å². The molecule has 0 fully saturated rings. The summed E-state index contributed by atoms with van der Waals surface area (Å²) < 4.78 is 21.5. The zero-order valence-electron chi connectivity index (χ0n) is 20.5.